The molecule has 1 spiro atoms. The average Bonchev–Trinajstić information content (AvgIpc) is 1.55. The normalized spacial score (nSPS) is 15.9. The van der Waals surface area contributed by atoms with Gasteiger partial charge in [0.1, 0.15) is 53.5 Å². The summed E-state index contributed by atoms with van der Waals surface area (Å²) in [6.07, 6.45) is 14.5. The number of hydrogen-bond donors (Lipinski definition) is 7. The third-order valence-electron chi connectivity index (χ3n) is 16.1. The molecule has 0 bridgehead atoms. The van der Waals surface area contributed by atoms with E-state index >= 15 is 0 Å². The fourth-order valence-electron chi connectivity index (χ4n) is 10.3. The number of imide groups is 2. The van der Waals surface area contributed by atoms with Gasteiger partial charge in [-0.2, -0.15) is 10.1 Å². The van der Waals surface area contributed by atoms with E-state index < -0.39 is 87.4 Å². The van der Waals surface area contributed by atoms with E-state index in [-0.39, 0.29) is 79.1 Å². The van der Waals surface area contributed by atoms with E-state index in [9.17, 15) is 66.2 Å². The number of terminal acetylenes is 1. The van der Waals surface area contributed by atoms with E-state index in [2.05, 4.69) is 75.0 Å². The van der Waals surface area contributed by atoms with Gasteiger partial charge in [0.2, 0.25) is 0 Å². The van der Waals surface area contributed by atoms with Gasteiger partial charge in [-0.05, 0) is 174 Å². The number of halogens is 3. The van der Waals surface area contributed by atoms with Crippen molar-refractivity contribution < 1.29 is 77.6 Å². The topological polar surface area (TPSA) is 340 Å². The van der Waals surface area contributed by atoms with Crippen molar-refractivity contribution >= 4 is 134 Å². The lowest BCUT2D eigenvalue weighted by Crippen LogP contribution is -2.55. The number of nitrogens with zero attached hydrogens (tertiary/aromatic N) is 9. The van der Waals surface area contributed by atoms with Crippen LogP contribution >= 0.6 is 24.4 Å². The highest BCUT2D eigenvalue weighted by atomic mass is 32.1. The fourth-order valence-corrected chi connectivity index (χ4v) is 10.9. The van der Waals surface area contributed by atoms with Crippen LogP contribution < -0.4 is 36.4 Å². The van der Waals surface area contributed by atoms with E-state index in [0.29, 0.717) is 83.4 Å². The maximum atomic E-state index is 14.6. The summed E-state index contributed by atoms with van der Waals surface area (Å²) in [5.74, 6) is -7.04. The monoisotopic (exact) mass is 1400 g/mol. The Bertz CT molecular complexity index is 4190. The van der Waals surface area contributed by atoms with Crippen LogP contribution in [0.15, 0.2) is 84.1 Å². The molecule has 3 aliphatic heterocycles. The first-order valence-electron chi connectivity index (χ1n) is 29.9. The molecule has 6 fully saturated rings. The number of hydroxylamine groups is 4. The van der Waals surface area contributed by atoms with Crippen LogP contribution in [0.1, 0.15) is 142 Å². The van der Waals surface area contributed by atoms with Crippen molar-refractivity contribution in [3.63, 3.8) is 0 Å². The summed E-state index contributed by atoms with van der Waals surface area (Å²) in [4.78, 5) is 142. The number of carbonyl (C=O) groups excluding carboxylic acids is 9. The first-order chi connectivity index (χ1) is 46.6. The number of isothiocyanates is 1. The smallest absolute Gasteiger partial charge is 0.358 e. The van der Waals surface area contributed by atoms with Crippen LogP contribution in [0.2, 0.25) is 0 Å². The zero-order valence-electron chi connectivity index (χ0n) is 53.6. The Hall–Kier alpha value is -11.4. The molecule has 32 heteroatoms. The fraction of sp³-hybridized carbons (Fsp3) is 0.343. The van der Waals surface area contributed by atoms with Crippen molar-refractivity contribution in [1.29, 1.82) is 0 Å². The molecule has 0 atom stereocenters. The summed E-state index contributed by atoms with van der Waals surface area (Å²) < 4.78 is 48.2. The lowest BCUT2D eigenvalue weighted by atomic mass is 9.75. The van der Waals surface area contributed by atoms with E-state index in [4.69, 9.17) is 36.8 Å². The number of aromatic nitrogens is 2. The molecule has 3 saturated carbocycles. The van der Waals surface area contributed by atoms with E-state index in [1.807, 2.05) is 6.92 Å². The van der Waals surface area contributed by atoms with E-state index in [1.54, 1.807) is 30.0 Å². The molecule has 6 aliphatic rings. The van der Waals surface area contributed by atoms with Gasteiger partial charge < -0.3 is 51.1 Å². The first kappa shape index (κ1) is 78.3. The Labute approximate surface area is 580 Å². The van der Waals surface area contributed by atoms with Crippen LogP contribution in [-0.2, 0) is 38.4 Å². The molecule has 2 aromatic heterocycles. The van der Waals surface area contributed by atoms with Gasteiger partial charge in [0.25, 0.3) is 58.9 Å². The Morgan fingerprint density at radius 1 is 0.667 bits per heavy atom. The standard InChI is InChI=1S/C21H18FN5O2S.C17H18FN3O5.C13H15FN2O3.C8H5N3S.C4H5NO3.C2H2.2CH4/c1-12-9-14(11-25-17(12)23-2)26-19(29)21(7-4-8-21)27(20(26)30)13-5-6-15(16(22)10-13)18(28)24-3;1-19-15(24)11-4-3-10(9-12(11)18)20-17(7-2-8-17)16(25)26-21-13(22)5-6-14(21)23;1-15-11(17)9-4-3-8(7-10(9)14)16-13(12(18)19)5-2-6-13;1-6-3-7(11-5-12)4-10-8(6)9-2;6-3-1-2-4(7)5(3)8;1-2;;/h5-6,9-11H,4,7-8H2,1,3H3,(H,24,28);3-4,9,20H,2,5-8H2,1H3,(H,19,24);3-4,7,16H,2,5-6H2,1H3,(H,15,17)(H,18,19);3-4H,1H3;8H,1-2H2;1-2H;2*1H4/i;;;;;1D;;. The quantitative estimate of drug-likeness (QED) is 0.0144. The summed E-state index contributed by atoms with van der Waals surface area (Å²) >= 11 is 10.1. The second kappa shape index (κ2) is 35.1. The van der Waals surface area contributed by atoms with Gasteiger partial charge in [0, 0.05) is 63.9 Å². The molecule has 5 heterocycles. The number of aliphatic carboxylic acids is 1. The molecule has 27 nitrogen and oxygen atoms in total. The molecule has 3 aromatic carbocycles. The highest BCUT2D eigenvalue weighted by Crippen LogP contribution is 2.48. The molecular formula is C67H71F3N14O13S2. The van der Waals surface area contributed by atoms with Crippen LogP contribution in [0, 0.1) is 57.3 Å². The third-order valence-corrected chi connectivity index (χ3v) is 16.5. The van der Waals surface area contributed by atoms with E-state index in [1.165, 1.54) is 81.2 Å². The van der Waals surface area contributed by atoms with Crippen molar-refractivity contribution in [3.8, 4) is 12.8 Å². The van der Waals surface area contributed by atoms with Gasteiger partial charge in [0.05, 0.1) is 27.5 Å². The number of aliphatic imine (C=N–C) groups is 1. The minimum atomic E-state index is -1.13. The van der Waals surface area contributed by atoms with Crippen molar-refractivity contribution in [2.75, 3.05) is 41.6 Å². The highest BCUT2D eigenvalue weighted by Gasteiger charge is 2.60. The molecule has 11 rings (SSSR count). The highest BCUT2D eigenvalue weighted by molar-refractivity contribution is 7.81. The Morgan fingerprint density at radius 3 is 1.44 bits per heavy atom. The van der Waals surface area contributed by atoms with Gasteiger partial charge in [-0.1, -0.05) is 28.0 Å². The molecule has 8 amide bonds. The number of hydrogen-bond acceptors (Lipinski definition) is 19. The number of benzene rings is 3. The van der Waals surface area contributed by atoms with Crippen molar-refractivity contribution in [2.45, 2.75) is 129 Å². The number of rotatable bonds is 13. The molecule has 3 saturated heterocycles. The lowest BCUT2D eigenvalue weighted by Gasteiger charge is -2.43. The summed E-state index contributed by atoms with van der Waals surface area (Å²) in [5, 5.41) is 33.5. The van der Waals surface area contributed by atoms with Gasteiger partial charge in [-0.3, -0.25) is 48.5 Å². The summed E-state index contributed by atoms with van der Waals surface area (Å²) in [6, 6.07) is 15.6. The second-order valence-corrected chi connectivity index (χ2v) is 22.6. The van der Waals surface area contributed by atoms with Crippen LogP contribution in [0.3, 0.4) is 0 Å². The molecule has 7 N–H and O–H groups in total. The largest absolute Gasteiger partial charge is 0.480 e. The Balaban J connectivity index is 0.000000276. The predicted octanol–water partition coefficient (Wildman–Crippen LogP) is 9.95. The van der Waals surface area contributed by atoms with Gasteiger partial charge in [-0.25, -0.2) is 22.8 Å². The molecule has 3 aliphatic carbocycles. The second-order valence-electron chi connectivity index (χ2n) is 22.0. The van der Waals surface area contributed by atoms with Crippen LogP contribution in [-0.4, -0.2) is 138 Å². The lowest BCUT2D eigenvalue weighted by molar-refractivity contribution is -0.202. The third kappa shape index (κ3) is 17.8. The van der Waals surface area contributed by atoms with Gasteiger partial charge in [0.15, 0.2) is 5.11 Å². The first-order valence-corrected chi connectivity index (χ1v) is 30.2. The molecule has 99 heavy (non-hydrogen) atoms. The molecule has 5 aromatic rings. The summed E-state index contributed by atoms with van der Waals surface area (Å²) in [5.41, 5.74) is 0.378. The van der Waals surface area contributed by atoms with Crippen LogP contribution in [0.5, 0.6) is 0 Å². The van der Waals surface area contributed by atoms with Crippen molar-refractivity contribution in [2.24, 2.45) is 4.99 Å². The van der Waals surface area contributed by atoms with Crippen LogP contribution in [0.25, 0.3) is 9.69 Å². The Kier molecular flexibility index (Phi) is 27.7. The number of thiocarbonyl (C=S) groups is 2. The summed E-state index contributed by atoms with van der Waals surface area (Å²) in [6.45, 7) is 17.5. The number of carboxylic acid groups (broad SMARTS) is 1. The predicted molar refractivity (Wildman–Crippen MR) is 365 cm³/mol. The molecule has 0 radical (unpaired) electrons. The average molecular weight is 1400 g/mol. The van der Waals surface area contributed by atoms with Crippen molar-refractivity contribution in [3.05, 3.63) is 147 Å². The number of amides is 8. The number of pyridine rings is 2. The maximum absolute atomic E-state index is 14.6. The molecule has 520 valence electrons. The number of aryl methyl sites for hydroxylation is 2. The Morgan fingerprint density at radius 2 is 1.09 bits per heavy atom. The summed E-state index contributed by atoms with van der Waals surface area (Å²) in [7, 11) is 4.25. The zero-order chi connectivity index (χ0) is 72.4. The zero-order valence-corrected chi connectivity index (χ0v) is 54.3. The molecular weight excluding hydrogens is 1330 g/mol. The number of carboxylic acids is 1. The van der Waals surface area contributed by atoms with Gasteiger partial charge in [-0.15, -0.1) is 27.9 Å². The minimum absolute atomic E-state index is 0. The number of carbonyl (C=O) groups is 10. The number of nitrogens with one attached hydrogen (secondary N) is 5. The molecule has 0 unspecified atom stereocenters. The van der Waals surface area contributed by atoms with Gasteiger partial charge >= 0.3 is 11.9 Å². The van der Waals surface area contributed by atoms with E-state index in [0.717, 1.165) is 37.0 Å². The maximum Gasteiger partial charge on any atom is 0.358 e. The minimum Gasteiger partial charge on any atom is -0.480 e. The number of anilines is 4. The van der Waals surface area contributed by atoms with Crippen LogP contribution in [0.4, 0.5) is 53.2 Å². The SMILES string of the molecule is C.C.CNC(=O)c1ccc(NC2(C(=O)O)CCC2)cc1F.CNC(=O)c1ccc(NC2(C(=O)ON3C(=O)CCC3=O)CCC2)cc1F.O=C1CCC(=O)N1O.[2H]C#C.[C-]#[N+]c1ncc(N2C(=O)C3(CCC3)N(c3ccc(C(=O)NC)c(F)c3)C2=S)cc1C.[C-]#[N+]c1ncc(N=C=S)cc1C. The van der Waals surface area contributed by atoms with Crippen molar-refractivity contribution in [1.82, 2.24) is 36.0 Å².